The number of carbonyl (C=O) groups is 4. The lowest BCUT2D eigenvalue weighted by Crippen LogP contribution is -2.58. The summed E-state index contributed by atoms with van der Waals surface area (Å²) in [4.78, 5) is 62.5. The van der Waals surface area contributed by atoms with Crippen molar-refractivity contribution in [3.63, 3.8) is 0 Å². The zero-order valence-electron chi connectivity index (χ0n) is 25.1. The zero-order valence-corrected chi connectivity index (χ0v) is 25.1. The summed E-state index contributed by atoms with van der Waals surface area (Å²) in [5.74, 6) is -3.48. The van der Waals surface area contributed by atoms with Gasteiger partial charge in [-0.05, 0) is 41.7 Å². The van der Waals surface area contributed by atoms with Gasteiger partial charge in [0.15, 0.2) is 0 Å². The van der Waals surface area contributed by atoms with Crippen LogP contribution in [-0.4, -0.2) is 73.0 Å². The number of hydrogen-bond donors (Lipinski definition) is 8. The van der Waals surface area contributed by atoms with E-state index in [-0.39, 0.29) is 30.9 Å². The second-order valence-electron chi connectivity index (χ2n) is 11.2. The minimum absolute atomic E-state index is 0.00446. The van der Waals surface area contributed by atoms with E-state index in [2.05, 4.69) is 30.9 Å². The molecule has 2 aromatic heterocycles. The van der Waals surface area contributed by atoms with E-state index in [0.717, 1.165) is 16.5 Å². The van der Waals surface area contributed by atoms with Gasteiger partial charge in [-0.3, -0.25) is 14.4 Å². The summed E-state index contributed by atoms with van der Waals surface area (Å²) in [6.45, 7) is 3.52. The average molecular weight is 618 g/mol. The molecule has 0 radical (unpaired) electrons. The first-order chi connectivity index (χ1) is 21.5. The van der Waals surface area contributed by atoms with E-state index in [0.29, 0.717) is 17.7 Å². The first-order valence-corrected chi connectivity index (χ1v) is 14.7. The minimum Gasteiger partial charge on any atom is -0.508 e. The molecule has 0 aliphatic heterocycles. The molecule has 5 atom stereocenters. The Morgan fingerprint density at radius 3 is 2.22 bits per heavy atom. The standard InChI is InChI=1S/C32H39N7O6/c1-3-18(2)28(32(44)45)39-31(43)26(12-19-8-10-22(40)11-9-19)38-30(42)27(14-21-16-34-17-36-21)37-29(41)24(33)13-20-15-35-25-7-5-4-6-23(20)25/h4-11,15-18,24,26-28,35,40H,3,12-14,33H2,1-2H3,(H,34,36)(H,37,41)(H,38,42)(H,39,43)(H,44,45). The highest BCUT2D eigenvalue weighted by atomic mass is 16.4. The summed E-state index contributed by atoms with van der Waals surface area (Å²) in [5.41, 5.74) is 9.22. The molecule has 238 valence electrons. The lowest BCUT2D eigenvalue weighted by Gasteiger charge is -2.26. The first-order valence-electron chi connectivity index (χ1n) is 14.7. The van der Waals surface area contributed by atoms with Crippen molar-refractivity contribution in [2.75, 3.05) is 0 Å². The number of aromatic amines is 2. The summed E-state index contributed by atoms with van der Waals surface area (Å²) in [5, 5.41) is 28.4. The fraction of sp³-hybridized carbons (Fsp3) is 0.344. The van der Waals surface area contributed by atoms with Crippen molar-refractivity contribution in [3.8, 4) is 5.75 Å². The predicted octanol–water partition coefficient (Wildman–Crippen LogP) is 1.54. The Bertz CT molecular complexity index is 1600. The normalized spacial score (nSPS) is 14.6. The molecule has 45 heavy (non-hydrogen) atoms. The number of para-hydroxylation sites is 1. The van der Waals surface area contributed by atoms with Gasteiger partial charge in [0.2, 0.25) is 17.7 Å². The third kappa shape index (κ3) is 8.70. The lowest BCUT2D eigenvalue weighted by molar-refractivity contribution is -0.143. The van der Waals surface area contributed by atoms with E-state index >= 15 is 0 Å². The molecular formula is C32H39N7O6. The van der Waals surface area contributed by atoms with Gasteiger partial charge in [-0.25, -0.2) is 9.78 Å². The number of aromatic nitrogens is 3. The molecule has 9 N–H and O–H groups in total. The highest BCUT2D eigenvalue weighted by Crippen LogP contribution is 2.19. The number of carboxylic acids is 1. The van der Waals surface area contributed by atoms with Crippen LogP contribution >= 0.6 is 0 Å². The Labute approximate surface area is 260 Å². The van der Waals surface area contributed by atoms with Crippen LogP contribution in [0, 0.1) is 5.92 Å². The van der Waals surface area contributed by atoms with Gasteiger partial charge < -0.3 is 41.9 Å². The number of nitrogens with one attached hydrogen (secondary N) is 5. The number of carbonyl (C=O) groups excluding carboxylic acids is 3. The van der Waals surface area contributed by atoms with E-state index in [4.69, 9.17) is 5.73 Å². The number of nitrogens with two attached hydrogens (primary N) is 1. The Morgan fingerprint density at radius 2 is 1.56 bits per heavy atom. The molecule has 4 aromatic rings. The fourth-order valence-corrected chi connectivity index (χ4v) is 5.02. The number of aliphatic carboxylic acids is 1. The predicted molar refractivity (Wildman–Crippen MR) is 167 cm³/mol. The van der Waals surface area contributed by atoms with E-state index in [1.54, 1.807) is 25.3 Å². The molecule has 0 aliphatic rings. The number of hydrogen-bond acceptors (Lipinski definition) is 7. The molecule has 4 rings (SSSR count). The van der Waals surface area contributed by atoms with Crippen LogP contribution in [0.15, 0.2) is 67.3 Å². The zero-order chi connectivity index (χ0) is 32.5. The van der Waals surface area contributed by atoms with Gasteiger partial charge in [-0.15, -0.1) is 0 Å². The number of amides is 3. The number of nitrogens with zero attached hydrogens (tertiary/aromatic N) is 1. The molecule has 5 unspecified atom stereocenters. The van der Waals surface area contributed by atoms with Crippen molar-refractivity contribution < 1.29 is 29.4 Å². The van der Waals surface area contributed by atoms with E-state index in [1.165, 1.54) is 24.7 Å². The lowest BCUT2D eigenvalue weighted by atomic mass is 9.98. The highest BCUT2D eigenvalue weighted by Gasteiger charge is 2.32. The molecule has 0 aliphatic carbocycles. The summed E-state index contributed by atoms with van der Waals surface area (Å²) < 4.78 is 0. The smallest absolute Gasteiger partial charge is 0.326 e. The Hall–Kier alpha value is -5.17. The van der Waals surface area contributed by atoms with Crippen LogP contribution < -0.4 is 21.7 Å². The molecule has 2 aromatic carbocycles. The molecule has 0 spiro atoms. The highest BCUT2D eigenvalue weighted by molar-refractivity contribution is 5.94. The van der Waals surface area contributed by atoms with Gasteiger partial charge in [-0.1, -0.05) is 50.6 Å². The van der Waals surface area contributed by atoms with Crippen LogP contribution in [0.2, 0.25) is 0 Å². The van der Waals surface area contributed by atoms with Gasteiger partial charge in [0, 0.05) is 41.8 Å². The van der Waals surface area contributed by atoms with E-state index in [9.17, 15) is 29.4 Å². The Kier molecular flexibility index (Phi) is 10.9. The number of fused-ring (bicyclic) bond motifs is 1. The molecular weight excluding hydrogens is 578 g/mol. The molecule has 3 amide bonds. The second kappa shape index (κ2) is 15.0. The van der Waals surface area contributed by atoms with E-state index in [1.807, 2.05) is 31.2 Å². The van der Waals surface area contributed by atoms with Crippen molar-refractivity contribution in [3.05, 3.63) is 84.1 Å². The van der Waals surface area contributed by atoms with Crippen LogP contribution in [0.1, 0.15) is 37.1 Å². The first kappa shape index (κ1) is 32.7. The Balaban J connectivity index is 1.54. The topological polar surface area (TPSA) is 215 Å². The molecule has 2 heterocycles. The Morgan fingerprint density at radius 1 is 0.889 bits per heavy atom. The van der Waals surface area contributed by atoms with Crippen molar-refractivity contribution in [1.82, 2.24) is 30.9 Å². The third-order valence-electron chi connectivity index (χ3n) is 7.85. The average Bonchev–Trinajstić information content (AvgIpc) is 3.69. The monoisotopic (exact) mass is 617 g/mol. The van der Waals surface area contributed by atoms with Crippen LogP contribution in [-0.2, 0) is 38.4 Å². The number of carboxylic acid groups (broad SMARTS) is 1. The summed E-state index contributed by atoms with van der Waals surface area (Å²) in [6, 6.07) is 9.21. The van der Waals surface area contributed by atoms with Gasteiger partial charge in [0.1, 0.15) is 23.9 Å². The largest absolute Gasteiger partial charge is 0.508 e. The molecule has 0 fully saturated rings. The maximum Gasteiger partial charge on any atom is 0.326 e. The van der Waals surface area contributed by atoms with Crippen LogP contribution in [0.4, 0.5) is 0 Å². The summed E-state index contributed by atoms with van der Waals surface area (Å²) >= 11 is 0. The molecule has 13 heteroatoms. The number of aromatic hydroxyl groups is 1. The SMILES string of the molecule is CCC(C)C(NC(=O)C(Cc1ccc(O)cc1)NC(=O)C(Cc1cnc[nH]1)NC(=O)C(N)Cc1c[nH]c2ccccc12)C(=O)O. The fourth-order valence-electron chi connectivity index (χ4n) is 5.02. The number of imidazole rings is 1. The minimum atomic E-state index is -1.20. The van der Waals surface area contributed by atoms with Gasteiger partial charge in [0.25, 0.3) is 0 Å². The number of phenols is 1. The molecule has 0 bridgehead atoms. The van der Waals surface area contributed by atoms with E-state index < -0.39 is 47.9 Å². The summed E-state index contributed by atoms with van der Waals surface area (Å²) in [6.07, 6.45) is 5.49. The van der Waals surface area contributed by atoms with Crippen molar-refractivity contribution in [2.24, 2.45) is 11.7 Å². The third-order valence-corrected chi connectivity index (χ3v) is 7.85. The molecule has 13 nitrogen and oxygen atoms in total. The van der Waals surface area contributed by atoms with Crippen molar-refractivity contribution in [1.29, 1.82) is 0 Å². The molecule has 0 saturated heterocycles. The van der Waals surface area contributed by atoms with Crippen LogP contribution in [0.3, 0.4) is 0 Å². The van der Waals surface area contributed by atoms with Crippen molar-refractivity contribution >= 4 is 34.6 Å². The van der Waals surface area contributed by atoms with Gasteiger partial charge in [0.05, 0.1) is 12.4 Å². The van der Waals surface area contributed by atoms with Crippen LogP contribution in [0.5, 0.6) is 5.75 Å². The summed E-state index contributed by atoms with van der Waals surface area (Å²) in [7, 11) is 0. The molecule has 0 saturated carbocycles. The number of benzene rings is 2. The maximum absolute atomic E-state index is 13.7. The van der Waals surface area contributed by atoms with Gasteiger partial charge >= 0.3 is 5.97 Å². The maximum atomic E-state index is 13.7. The van der Waals surface area contributed by atoms with Crippen LogP contribution in [0.25, 0.3) is 10.9 Å². The number of rotatable bonds is 15. The number of phenolic OH excluding ortho intramolecular Hbond substituents is 1. The van der Waals surface area contributed by atoms with Crippen molar-refractivity contribution in [2.45, 2.75) is 63.7 Å². The quantitative estimate of drug-likeness (QED) is 0.0977. The number of H-pyrrole nitrogens is 2. The van der Waals surface area contributed by atoms with Gasteiger partial charge in [-0.2, -0.15) is 0 Å². The second-order valence-corrected chi connectivity index (χ2v) is 11.2.